The zero-order valence-corrected chi connectivity index (χ0v) is 11.8. The number of rotatable bonds is 2. The minimum absolute atomic E-state index is 0. The molecule has 6 N–H and O–H groups in total. The van der Waals surface area contributed by atoms with Crippen LogP contribution in [0.2, 0.25) is 0 Å². The third-order valence-corrected chi connectivity index (χ3v) is 2.42. The van der Waals surface area contributed by atoms with Crippen molar-refractivity contribution in [3.63, 3.8) is 0 Å². The van der Waals surface area contributed by atoms with Gasteiger partial charge in [0.25, 0.3) is 0 Å². The van der Waals surface area contributed by atoms with E-state index >= 15 is 0 Å². The molecular weight excluding hydrogens is 419 g/mol. The summed E-state index contributed by atoms with van der Waals surface area (Å²) >= 11 is 0. The van der Waals surface area contributed by atoms with Crippen LogP contribution in [0.3, 0.4) is 0 Å². The summed E-state index contributed by atoms with van der Waals surface area (Å²) in [7, 11) is -4.67. The van der Waals surface area contributed by atoms with E-state index in [2.05, 4.69) is 0 Å². The van der Waals surface area contributed by atoms with Crippen molar-refractivity contribution in [2.45, 2.75) is 12.8 Å². The van der Waals surface area contributed by atoms with Crippen molar-refractivity contribution >= 4 is 10.4 Å². The molecule has 1 rings (SSSR count). The molecule has 0 aromatic rings. The van der Waals surface area contributed by atoms with Crippen molar-refractivity contribution in [3.8, 4) is 0 Å². The SMILES string of the molecule is NCC1(CN)CCOCC1.O=S(=O)(O)O.[Pt]. The Balaban J connectivity index is 0. The quantitative estimate of drug-likeness (QED) is 0.409. The Morgan fingerprint density at radius 3 is 1.62 bits per heavy atom. The third kappa shape index (κ3) is 9.65. The van der Waals surface area contributed by atoms with Gasteiger partial charge < -0.3 is 16.2 Å². The first kappa shape index (κ1) is 18.8. The molecule has 0 saturated carbocycles. The Hall–Kier alpha value is 0.438. The summed E-state index contributed by atoms with van der Waals surface area (Å²) in [6.45, 7) is 3.06. The van der Waals surface area contributed by atoms with Gasteiger partial charge in [-0.3, -0.25) is 9.11 Å². The van der Waals surface area contributed by atoms with Gasteiger partial charge in [-0.2, -0.15) is 8.42 Å². The molecule has 1 heterocycles. The molecule has 0 aromatic heterocycles. The zero-order valence-electron chi connectivity index (χ0n) is 8.74. The van der Waals surface area contributed by atoms with Gasteiger partial charge in [-0.25, -0.2) is 0 Å². The standard InChI is InChI=1S/C7H16N2O.H2O4S.Pt/c8-5-7(6-9)1-3-10-4-2-7;1-5(2,3)4;/h1-6,8-9H2;(H2,1,2,3,4);. The van der Waals surface area contributed by atoms with Gasteiger partial charge in [-0.05, 0) is 31.3 Å². The van der Waals surface area contributed by atoms with E-state index in [0.29, 0.717) is 13.1 Å². The summed E-state index contributed by atoms with van der Waals surface area (Å²) < 4.78 is 36.8. The summed E-state index contributed by atoms with van der Waals surface area (Å²) in [4.78, 5) is 0. The van der Waals surface area contributed by atoms with Crippen LogP contribution >= 0.6 is 0 Å². The maximum atomic E-state index is 8.74. The molecule has 0 aromatic carbocycles. The van der Waals surface area contributed by atoms with Crippen LogP contribution in [0.1, 0.15) is 12.8 Å². The number of hydrogen-bond acceptors (Lipinski definition) is 5. The predicted molar refractivity (Wildman–Crippen MR) is 54.8 cm³/mol. The zero-order chi connectivity index (χ0) is 11.9. The van der Waals surface area contributed by atoms with Crippen LogP contribution in [0.5, 0.6) is 0 Å². The second-order valence-corrected chi connectivity index (χ2v) is 4.36. The smallest absolute Gasteiger partial charge is 0.381 e. The van der Waals surface area contributed by atoms with Crippen LogP contribution in [0.25, 0.3) is 0 Å². The van der Waals surface area contributed by atoms with Crippen LogP contribution in [0.4, 0.5) is 0 Å². The second kappa shape index (κ2) is 8.52. The molecule has 0 bridgehead atoms. The van der Waals surface area contributed by atoms with Crippen LogP contribution in [-0.2, 0) is 36.2 Å². The Bertz CT molecular complexity index is 252. The molecule has 102 valence electrons. The van der Waals surface area contributed by atoms with Gasteiger partial charge in [-0.1, -0.05) is 0 Å². The molecule has 1 aliphatic heterocycles. The van der Waals surface area contributed by atoms with Crippen molar-refractivity contribution < 1.29 is 43.3 Å². The van der Waals surface area contributed by atoms with Gasteiger partial charge >= 0.3 is 10.4 Å². The topological polar surface area (TPSA) is 136 Å². The fourth-order valence-corrected chi connectivity index (χ4v) is 1.30. The predicted octanol–water partition coefficient (Wildman–Crippen LogP) is -0.955. The molecule has 16 heavy (non-hydrogen) atoms. The van der Waals surface area contributed by atoms with Crippen molar-refractivity contribution in [3.05, 3.63) is 0 Å². The van der Waals surface area contributed by atoms with E-state index in [9.17, 15) is 0 Å². The molecule has 0 spiro atoms. The normalized spacial score (nSPS) is 19.0. The average molecular weight is 437 g/mol. The van der Waals surface area contributed by atoms with Crippen molar-refractivity contribution in [2.24, 2.45) is 16.9 Å². The maximum absolute atomic E-state index is 8.74. The monoisotopic (exact) mass is 437 g/mol. The van der Waals surface area contributed by atoms with E-state index in [4.69, 9.17) is 33.7 Å². The molecule has 1 saturated heterocycles. The minimum Gasteiger partial charge on any atom is -0.381 e. The number of hydrogen-bond donors (Lipinski definition) is 4. The van der Waals surface area contributed by atoms with E-state index in [-0.39, 0.29) is 26.5 Å². The van der Waals surface area contributed by atoms with E-state index in [1.54, 1.807) is 0 Å². The molecule has 7 nitrogen and oxygen atoms in total. The Morgan fingerprint density at radius 1 is 1.12 bits per heavy atom. The number of ether oxygens (including phenoxy) is 1. The minimum atomic E-state index is -4.67. The largest absolute Gasteiger partial charge is 0.394 e. The van der Waals surface area contributed by atoms with E-state index in [0.717, 1.165) is 26.1 Å². The summed E-state index contributed by atoms with van der Waals surface area (Å²) in [6.07, 6.45) is 2.06. The molecule has 0 radical (unpaired) electrons. The molecule has 0 aliphatic carbocycles. The van der Waals surface area contributed by atoms with Crippen LogP contribution in [-0.4, -0.2) is 43.8 Å². The summed E-state index contributed by atoms with van der Waals surface area (Å²) in [5, 5.41) is 0. The summed E-state index contributed by atoms with van der Waals surface area (Å²) in [6, 6.07) is 0. The van der Waals surface area contributed by atoms with Crippen LogP contribution in [0, 0.1) is 5.41 Å². The van der Waals surface area contributed by atoms with Crippen LogP contribution in [0.15, 0.2) is 0 Å². The third-order valence-electron chi connectivity index (χ3n) is 2.42. The summed E-state index contributed by atoms with van der Waals surface area (Å²) in [5.41, 5.74) is 11.4. The van der Waals surface area contributed by atoms with Gasteiger partial charge in [0.1, 0.15) is 0 Å². The second-order valence-electron chi connectivity index (χ2n) is 3.47. The van der Waals surface area contributed by atoms with Crippen molar-refractivity contribution in [2.75, 3.05) is 26.3 Å². The Morgan fingerprint density at radius 2 is 1.44 bits per heavy atom. The van der Waals surface area contributed by atoms with Gasteiger partial charge in [0, 0.05) is 34.3 Å². The van der Waals surface area contributed by atoms with Gasteiger partial charge in [0.2, 0.25) is 0 Å². The maximum Gasteiger partial charge on any atom is 0.394 e. The Kier molecular flexibility index (Phi) is 10.0. The fraction of sp³-hybridized carbons (Fsp3) is 1.00. The first-order chi connectivity index (χ1) is 6.83. The van der Waals surface area contributed by atoms with Gasteiger partial charge in [0.15, 0.2) is 0 Å². The molecule has 1 fully saturated rings. The van der Waals surface area contributed by atoms with Gasteiger partial charge in [0.05, 0.1) is 0 Å². The summed E-state index contributed by atoms with van der Waals surface area (Å²) in [5.74, 6) is 0. The van der Waals surface area contributed by atoms with E-state index in [1.807, 2.05) is 0 Å². The van der Waals surface area contributed by atoms with Crippen molar-refractivity contribution in [1.82, 2.24) is 0 Å². The first-order valence-corrected chi connectivity index (χ1v) is 5.90. The van der Waals surface area contributed by atoms with Crippen LogP contribution < -0.4 is 11.5 Å². The Labute approximate surface area is 110 Å². The molecular formula is C7H18N2O5PtS. The molecule has 0 atom stereocenters. The first-order valence-electron chi connectivity index (χ1n) is 4.51. The fourth-order valence-electron chi connectivity index (χ4n) is 1.30. The molecule has 1 aliphatic rings. The molecule has 9 heteroatoms. The average Bonchev–Trinajstić information content (AvgIpc) is 2.16. The molecule has 0 amide bonds. The van der Waals surface area contributed by atoms with Crippen molar-refractivity contribution in [1.29, 1.82) is 0 Å². The van der Waals surface area contributed by atoms with E-state index in [1.165, 1.54) is 0 Å². The van der Waals surface area contributed by atoms with Gasteiger partial charge in [-0.15, -0.1) is 0 Å². The van der Waals surface area contributed by atoms with E-state index < -0.39 is 10.4 Å². The number of nitrogens with two attached hydrogens (primary N) is 2. The molecule has 0 unspecified atom stereocenters.